The second-order valence-electron chi connectivity index (χ2n) is 8.10. The fourth-order valence-corrected chi connectivity index (χ4v) is 3.58. The molecule has 156 valence electrons. The maximum Gasteiger partial charge on any atom is 0.122 e. The van der Waals surface area contributed by atoms with E-state index in [1.165, 1.54) is 42.4 Å². The lowest BCUT2D eigenvalue weighted by molar-refractivity contribution is 0.293. The van der Waals surface area contributed by atoms with Gasteiger partial charge in [0.1, 0.15) is 5.76 Å². The molecule has 0 amide bonds. The zero-order valence-corrected chi connectivity index (χ0v) is 18.7. The maximum atomic E-state index is 5.88. The van der Waals surface area contributed by atoms with Crippen LogP contribution >= 0.6 is 0 Å². The Balaban J connectivity index is 1.65. The number of hydrogen-bond acceptors (Lipinski definition) is 1. The third-order valence-electron chi connectivity index (χ3n) is 5.71. The van der Waals surface area contributed by atoms with E-state index < -0.39 is 0 Å². The highest BCUT2D eigenvalue weighted by Crippen LogP contribution is 2.26. The van der Waals surface area contributed by atoms with E-state index in [2.05, 4.69) is 75.6 Å². The zero-order chi connectivity index (χ0) is 21.1. The summed E-state index contributed by atoms with van der Waals surface area (Å²) in [6.07, 6.45) is 18.2. The average Bonchev–Trinajstić information content (AvgIpc) is 2.74. The van der Waals surface area contributed by atoms with Crippen molar-refractivity contribution < 1.29 is 4.74 Å². The Labute approximate surface area is 178 Å². The van der Waals surface area contributed by atoms with Crippen LogP contribution in [0.3, 0.4) is 0 Å². The van der Waals surface area contributed by atoms with Gasteiger partial charge in [0.2, 0.25) is 0 Å². The van der Waals surface area contributed by atoms with Crippen LogP contribution in [0.4, 0.5) is 0 Å². The van der Waals surface area contributed by atoms with E-state index in [9.17, 15) is 0 Å². The minimum Gasteiger partial charge on any atom is -0.462 e. The lowest BCUT2D eigenvalue weighted by Crippen LogP contribution is -2.02. The van der Waals surface area contributed by atoms with Crippen molar-refractivity contribution in [2.24, 2.45) is 5.92 Å². The first-order valence-corrected chi connectivity index (χ1v) is 11.1. The van der Waals surface area contributed by atoms with Crippen molar-refractivity contribution in [2.75, 3.05) is 0 Å². The first-order chi connectivity index (χ1) is 14.0. The van der Waals surface area contributed by atoms with Crippen LogP contribution in [0.1, 0.15) is 69.9 Å². The van der Waals surface area contributed by atoms with Crippen LogP contribution in [-0.4, -0.2) is 0 Å². The van der Waals surface area contributed by atoms with Gasteiger partial charge in [-0.2, -0.15) is 0 Å². The molecule has 2 rings (SSSR count). The molecule has 0 saturated heterocycles. The van der Waals surface area contributed by atoms with Gasteiger partial charge in [-0.25, -0.2) is 0 Å². The first-order valence-electron chi connectivity index (χ1n) is 11.1. The molecule has 0 bridgehead atoms. The number of benzene rings is 1. The summed E-state index contributed by atoms with van der Waals surface area (Å²) in [7, 11) is 0. The van der Waals surface area contributed by atoms with Crippen molar-refractivity contribution in [3.8, 4) is 0 Å². The molecule has 1 aliphatic carbocycles. The molecule has 1 unspecified atom stereocenters. The minimum atomic E-state index is 0.655. The van der Waals surface area contributed by atoms with Crippen LogP contribution in [0.15, 0.2) is 84.4 Å². The van der Waals surface area contributed by atoms with E-state index >= 15 is 0 Å². The second kappa shape index (κ2) is 12.3. The Morgan fingerprint density at radius 2 is 1.90 bits per heavy atom. The average molecular weight is 391 g/mol. The molecule has 1 aliphatic rings. The molecule has 29 heavy (non-hydrogen) atoms. The number of aryl methyl sites for hydroxylation is 2. The van der Waals surface area contributed by atoms with Gasteiger partial charge >= 0.3 is 0 Å². The van der Waals surface area contributed by atoms with E-state index in [1.54, 1.807) is 0 Å². The molecule has 0 radical (unpaired) electrons. The molecule has 1 nitrogen and oxygen atoms in total. The van der Waals surface area contributed by atoms with Crippen molar-refractivity contribution in [2.45, 2.75) is 72.1 Å². The molecule has 1 aromatic rings. The van der Waals surface area contributed by atoms with Gasteiger partial charge in [-0.3, -0.25) is 0 Å². The van der Waals surface area contributed by atoms with Gasteiger partial charge < -0.3 is 4.74 Å². The van der Waals surface area contributed by atoms with Gasteiger partial charge in [-0.1, -0.05) is 73.7 Å². The summed E-state index contributed by atoms with van der Waals surface area (Å²) < 4.78 is 5.88. The summed E-state index contributed by atoms with van der Waals surface area (Å²) >= 11 is 0. The van der Waals surface area contributed by atoms with Crippen LogP contribution in [-0.2, 0) is 11.2 Å². The smallest absolute Gasteiger partial charge is 0.122 e. The highest BCUT2D eigenvalue weighted by atomic mass is 16.5. The Hall–Kier alpha value is -2.28. The van der Waals surface area contributed by atoms with Gasteiger partial charge in [0.05, 0.1) is 5.76 Å². The predicted molar refractivity (Wildman–Crippen MR) is 127 cm³/mol. The molecule has 1 heteroatoms. The monoisotopic (exact) mass is 390 g/mol. The Morgan fingerprint density at radius 3 is 2.52 bits per heavy atom. The summed E-state index contributed by atoms with van der Waals surface area (Å²) in [5.41, 5.74) is 5.25. The molecule has 0 heterocycles. The van der Waals surface area contributed by atoms with Crippen molar-refractivity contribution >= 4 is 0 Å². The lowest BCUT2D eigenvalue weighted by atomic mass is 9.90. The van der Waals surface area contributed by atoms with Gasteiger partial charge in [0, 0.05) is 6.42 Å². The van der Waals surface area contributed by atoms with Crippen molar-refractivity contribution in [1.82, 2.24) is 0 Å². The summed E-state index contributed by atoms with van der Waals surface area (Å²) in [6, 6.07) is 8.93. The van der Waals surface area contributed by atoms with Crippen molar-refractivity contribution in [3.05, 3.63) is 95.5 Å². The Bertz CT molecular complexity index is 758. The van der Waals surface area contributed by atoms with Gasteiger partial charge in [0.25, 0.3) is 0 Å². The third kappa shape index (κ3) is 8.31. The van der Waals surface area contributed by atoms with Crippen molar-refractivity contribution in [1.29, 1.82) is 0 Å². The quantitative estimate of drug-likeness (QED) is 0.257. The van der Waals surface area contributed by atoms with E-state index in [0.29, 0.717) is 11.7 Å². The first kappa shape index (κ1) is 23.0. The van der Waals surface area contributed by atoms with Crippen LogP contribution < -0.4 is 0 Å². The fraction of sp³-hybridized carbons (Fsp3) is 0.429. The fourth-order valence-electron chi connectivity index (χ4n) is 3.58. The summed E-state index contributed by atoms with van der Waals surface area (Å²) in [6.45, 7) is 14.2. The molecule has 0 saturated carbocycles. The molecular formula is C28H38O. The standard InChI is InChI=1S/C28H38O/c1-6-23(4)24(5)29-28(7-2)13-9-12-27-20-18-26(19-21-27)11-8-10-25-16-14-22(3)15-17-25/h7,14-20,27H,4-6,8-13,21H2,1-3H3/b28-7-. The molecule has 0 fully saturated rings. The van der Waals surface area contributed by atoms with E-state index in [0.717, 1.165) is 37.0 Å². The van der Waals surface area contributed by atoms with Gasteiger partial charge in [-0.15, -0.1) is 0 Å². The third-order valence-corrected chi connectivity index (χ3v) is 5.71. The second-order valence-corrected chi connectivity index (χ2v) is 8.10. The van der Waals surface area contributed by atoms with Crippen LogP contribution in [0, 0.1) is 12.8 Å². The molecule has 0 aliphatic heterocycles. The summed E-state index contributed by atoms with van der Waals surface area (Å²) in [4.78, 5) is 0. The predicted octanol–water partition coefficient (Wildman–Crippen LogP) is 8.39. The highest BCUT2D eigenvalue weighted by Gasteiger charge is 2.10. The van der Waals surface area contributed by atoms with Crippen LogP contribution in [0.25, 0.3) is 0 Å². The SMILES string of the molecule is C=C(CC)C(=C)O/C(=C\C)CCCC1C=CC(CCCc2ccc(C)cc2)=CC1. The summed E-state index contributed by atoms with van der Waals surface area (Å²) in [5.74, 6) is 2.37. The van der Waals surface area contributed by atoms with Crippen molar-refractivity contribution in [3.63, 3.8) is 0 Å². The Kier molecular flexibility index (Phi) is 9.77. The minimum absolute atomic E-state index is 0.655. The van der Waals surface area contributed by atoms with Gasteiger partial charge in [0.15, 0.2) is 0 Å². The normalized spacial score (nSPS) is 16.4. The zero-order valence-electron chi connectivity index (χ0n) is 18.7. The van der Waals surface area contributed by atoms with E-state index in [-0.39, 0.29) is 0 Å². The maximum absolute atomic E-state index is 5.88. The van der Waals surface area contributed by atoms with E-state index in [4.69, 9.17) is 4.74 Å². The van der Waals surface area contributed by atoms with Crippen LogP contribution in [0.2, 0.25) is 0 Å². The number of ether oxygens (including phenoxy) is 1. The molecule has 1 aromatic carbocycles. The lowest BCUT2D eigenvalue weighted by Gasteiger charge is -2.17. The molecule has 0 spiro atoms. The number of hydrogen-bond donors (Lipinski definition) is 0. The molecule has 0 aromatic heterocycles. The molecule has 0 N–H and O–H groups in total. The topological polar surface area (TPSA) is 9.23 Å². The molecular weight excluding hydrogens is 352 g/mol. The summed E-state index contributed by atoms with van der Waals surface area (Å²) in [5, 5.41) is 0. The van der Waals surface area contributed by atoms with Gasteiger partial charge in [-0.05, 0) is 81.9 Å². The molecule has 1 atom stereocenters. The van der Waals surface area contributed by atoms with Crippen LogP contribution in [0.5, 0.6) is 0 Å². The Morgan fingerprint density at radius 1 is 1.14 bits per heavy atom. The largest absolute Gasteiger partial charge is 0.462 e. The number of allylic oxidation sites excluding steroid dienone is 7. The highest BCUT2D eigenvalue weighted by molar-refractivity contribution is 5.25. The number of rotatable bonds is 12. The van der Waals surface area contributed by atoms with E-state index in [1.807, 2.05) is 6.92 Å².